The number of carbonyl (C=O) groups is 1. The van der Waals surface area contributed by atoms with Crippen LogP contribution >= 0.6 is 0 Å². The minimum Gasteiger partial charge on any atom is -0.496 e. The maximum atomic E-state index is 12.9. The molecule has 0 N–H and O–H groups in total. The third kappa shape index (κ3) is 3.99. The molecule has 1 saturated carbocycles. The van der Waals surface area contributed by atoms with Gasteiger partial charge in [-0.05, 0) is 30.5 Å². The molecule has 0 heterocycles. The maximum Gasteiger partial charge on any atom is 0.419 e. The van der Waals surface area contributed by atoms with E-state index in [0.29, 0.717) is 12.3 Å². The number of halogens is 3. The number of hydrogen-bond donors (Lipinski definition) is 0. The SMILES string of the molecule is COc1ccc(C(=O)CCC2CCCC2)cc1C(F)(F)F. The summed E-state index contributed by atoms with van der Waals surface area (Å²) in [4.78, 5) is 12.1. The van der Waals surface area contributed by atoms with E-state index in [-0.39, 0.29) is 17.1 Å². The summed E-state index contributed by atoms with van der Waals surface area (Å²) in [7, 11) is 1.19. The van der Waals surface area contributed by atoms with Crippen molar-refractivity contribution in [3.05, 3.63) is 29.3 Å². The van der Waals surface area contributed by atoms with E-state index in [9.17, 15) is 18.0 Å². The number of benzene rings is 1. The van der Waals surface area contributed by atoms with Crippen molar-refractivity contribution in [3.8, 4) is 5.75 Å². The van der Waals surface area contributed by atoms with Gasteiger partial charge in [0.05, 0.1) is 12.7 Å². The lowest BCUT2D eigenvalue weighted by Gasteiger charge is -2.13. The Balaban J connectivity index is 2.10. The summed E-state index contributed by atoms with van der Waals surface area (Å²) in [5.41, 5.74) is -0.780. The average Bonchev–Trinajstić information content (AvgIpc) is 2.96. The van der Waals surface area contributed by atoms with Crippen molar-refractivity contribution >= 4 is 5.78 Å². The van der Waals surface area contributed by atoms with Crippen molar-refractivity contribution in [2.24, 2.45) is 5.92 Å². The smallest absolute Gasteiger partial charge is 0.419 e. The minimum absolute atomic E-state index is 0.112. The normalized spacial score (nSPS) is 16.2. The molecule has 2 rings (SSSR count). The first-order valence-electron chi connectivity index (χ1n) is 7.20. The van der Waals surface area contributed by atoms with E-state index < -0.39 is 11.7 Å². The highest BCUT2D eigenvalue weighted by Gasteiger charge is 2.35. The highest BCUT2D eigenvalue weighted by molar-refractivity contribution is 5.96. The second-order valence-electron chi connectivity index (χ2n) is 5.53. The Morgan fingerprint density at radius 1 is 1.29 bits per heavy atom. The number of ketones is 1. The van der Waals surface area contributed by atoms with Crippen molar-refractivity contribution in [1.29, 1.82) is 0 Å². The highest BCUT2D eigenvalue weighted by atomic mass is 19.4. The molecule has 0 radical (unpaired) electrons. The van der Waals surface area contributed by atoms with Gasteiger partial charge in [0.15, 0.2) is 5.78 Å². The van der Waals surface area contributed by atoms with Crippen LogP contribution in [0.4, 0.5) is 13.2 Å². The molecule has 2 nitrogen and oxygen atoms in total. The molecule has 5 heteroatoms. The van der Waals surface area contributed by atoms with Gasteiger partial charge in [-0.3, -0.25) is 4.79 Å². The van der Waals surface area contributed by atoms with E-state index in [0.717, 1.165) is 25.3 Å². The molecular formula is C16H19F3O2. The van der Waals surface area contributed by atoms with E-state index in [1.807, 2.05) is 0 Å². The van der Waals surface area contributed by atoms with Crippen LogP contribution in [0.15, 0.2) is 18.2 Å². The zero-order valence-corrected chi connectivity index (χ0v) is 12.0. The molecule has 0 aromatic heterocycles. The Kier molecular flexibility index (Phi) is 4.91. The van der Waals surface area contributed by atoms with Crippen LogP contribution < -0.4 is 4.74 Å². The number of carbonyl (C=O) groups excluding carboxylic acids is 1. The van der Waals surface area contributed by atoms with E-state index in [1.165, 1.54) is 32.1 Å². The molecule has 0 unspecified atom stereocenters. The van der Waals surface area contributed by atoms with Gasteiger partial charge in [0.2, 0.25) is 0 Å². The molecule has 1 aromatic rings. The third-order valence-electron chi connectivity index (χ3n) is 4.08. The largest absolute Gasteiger partial charge is 0.496 e. The van der Waals surface area contributed by atoms with E-state index in [4.69, 9.17) is 4.74 Å². The second-order valence-corrected chi connectivity index (χ2v) is 5.53. The Bertz CT molecular complexity index is 503. The fraction of sp³-hybridized carbons (Fsp3) is 0.562. The topological polar surface area (TPSA) is 26.3 Å². The molecule has 1 aliphatic carbocycles. The van der Waals surface area contributed by atoms with Crippen molar-refractivity contribution in [2.45, 2.75) is 44.7 Å². The number of alkyl halides is 3. The summed E-state index contributed by atoms with van der Waals surface area (Å²) in [5.74, 6) is 0.0687. The third-order valence-corrected chi connectivity index (χ3v) is 4.08. The van der Waals surface area contributed by atoms with Gasteiger partial charge in [-0.1, -0.05) is 25.7 Å². The van der Waals surface area contributed by atoms with Crippen molar-refractivity contribution in [3.63, 3.8) is 0 Å². The number of methoxy groups -OCH3 is 1. The quantitative estimate of drug-likeness (QED) is 0.725. The van der Waals surface area contributed by atoms with Crippen LogP contribution in [0, 0.1) is 5.92 Å². The first-order valence-corrected chi connectivity index (χ1v) is 7.20. The molecule has 0 bridgehead atoms. The van der Waals surface area contributed by atoms with Crippen LogP contribution in [-0.2, 0) is 6.18 Å². The molecule has 0 aliphatic heterocycles. The standard InChI is InChI=1S/C16H19F3O2/c1-21-15-9-7-12(10-13(15)16(17,18)19)14(20)8-6-11-4-2-3-5-11/h7,9-11H,2-6,8H2,1H3. The van der Waals surface area contributed by atoms with Crippen LogP contribution in [0.1, 0.15) is 54.4 Å². The fourth-order valence-corrected chi connectivity index (χ4v) is 2.88. The monoisotopic (exact) mass is 300 g/mol. The first-order chi connectivity index (χ1) is 9.91. The maximum absolute atomic E-state index is 12.9. The van der Waals surface area contributed by atoms with Crippen molar-refractivity contribution in [2.75, 3.05) is 7.11 Å². The van der Waals surface area contributed by atoms with Crippen LogP contribution in [0.2, 0.25) is 0 Å². The molecule has 1 fully saturated rings. The lowest BCUT2D eigenvalue weighted by atomic mass is 9.96. The Labute approximate surface area is 122 Å². The predicted molar refractivity (Wildman–Crippen MR) is 73.5 cm³/mol. The van der Waals surface area contributed by atoms with Gasteiger partial charge >= 0.3 is 6.18 Å². The molecule has 0 atom stereocenters. The molecule has 1 aromatic carbocycles. The number of rotatable bonds is 5. The van der Waals surface area contributed by atoms with Gasteiger partial charge < -0.3 is 4.74 Å². The fourth-order valence-electron chi connectivity index (χ4n) is 2.88. The minimum atomic E-state index is -4.52. The Hall–Kier alpha value is -1.52. The molecule has 0 spiro atoms. The van der Waals surface area contributed by atoms with Crippen LogP contribution in [0.25, 0.3) is 0 Å². The number of ether oxygens (including phenoxy) is 1. The van der Waals surface area contributed by atoms with Gasteiger partial charge in [0.25, 0.3) is 0 Å². The summed E-state index contributed by atoms with van der Waals surface area (Å²) in [6.07, 6.45) is 1.21. The molecule has 116 valence electrons. The van der Waals surface area contributed by atoms with Gasteiger partial charge in [-0.25, -0.2) is 0 Å². The van der Waals surface area contributed by atoms with Gasteiger partial charge in [0.1, 0.15) is 5.75 Å². The van der Waals surface area contributed by atoms with Gasteiger partial charge in [0, 0.05) is 12.0 Å². The second kappa shape index (κ2) is 6.50. The van der Waals surface area contributed by atoms with Crippen molar-refractivity contribution < 1.29 is 22.7 Å². The molecule has 21 heavy (non-hydrogen) atoms. The molecule has 0 saturated heterocycles. The van der Waals surface area contributed by atoms with E-state index in [2.05, 4.69) is 0 Å². The Morgan fingerprint density at radius 2 is 1.95 bits per heavy atom. The summed E-state index contributed by atoms with van der Waals surface area (Å²) in [6.45, 7) is 0. The summed E-state index contributed by atoms with van der Waals surface area (Å²) in [5, 5.41) is 0. The van der Waals surface area contributed by atoms with Crippen LogP contribution in [-0.4, -0.2) is 12.9 Å². The van der Waals surface area contributed by atoms with Crippen molar-refractivity contribution in [1.82, 2.24) is 0 Å². The zero-order valence-electron chi connectivity index (χ0n) is 12.0. The van der Waals surface area contributed by atoms with Gasteiger partial charge in [-0.2, -0.15) is 13.2 Å². The Morgan fingerprint density at radius 3 is 2.52 bits per heavy atom. The lowest BCUT2D eigenvalue weighted by molar-refractivity contribution is -0.138. The summed E-state index contributed by atoms with van der Waals surface area (Å²) in [6, 6.07) is 3.52. The number of hydrogen-bond acceptors (Lipinski definition) is 2. The molecule has 1 aliphatic rings. The highest BCUT2D eigenvalue weighted by Crippen LogP contribution is 2.37. The average molecular weight is 300 g/mol. The van der Waals surface area contributed by atoms with E-state index >= 15 is 0 Å². The van der Waals surface area contributed by atoms with Crippen LogP contribution in [0.5, 0.6) is 5.75 Å². The number of Topliss-reactive ketones (excluding diaryl/α,β-unsaturated/α-hetero) is 1. The van der Waals surface area contributed by atoms with E-state index in [1.54, 1.807) is 0 Å². The summed E-state index contributed by atoms with van der Waals surface area (Å²) >= 11 is 0. The molecular weight excluding hydrogens is 281 g/mol. The van der Waals surface area contributed by atoms with Crippen LogP contribution in [0.3, 0.4) is 0 Å². The zero-order chi connectivity index (χ0) is 15.5. The van der Waals surface area contributed by atoms with Gasteiger partial charge in [-0.15, -0.1) is 0 Å². The molecule has 0 amide bonds. The predicted octanol–water partition coefficient (Wildman–Crippen LogP) is 4.87. The lowest BCUT2D eigenvalue weighted by Crippen LogP contribution is -2.10. The summed E-state index contributed by atoms with van der Waals surface area (Å²) < 4.78 is 43.5. The first kappa shape index (κ1) is 15.9.